The molecule has 0 aliphatic heterocycles. The van der Waals surface area contributed by atoms with Gasteiger partial charge in [0.1, 0.15) is 17.2 Å². The standard InChI is InChI=1S/C29H31N3O3/c1-17(12-19-4-9-27(33)24(30)14-19)20-5-2-18(3-6-20)13-23(21-7-10-28(34)25(31)15-21)22-8-11-29(35)26(32)16-22/h2-11,14-17,23,33-35H,12-13,30-32H2,1H3. The highest BCUT2D eigenvalue weighted by Gasteiger charge is 2.18. The van der Waals surface area contributed by atoms with Gasteiger partial charge in [0.15, 0.2) is 0 Å². The molecule has 4 aromatic carbocycles. The van der Waals surface area contributed by atoms with Gasteiger partial charge in [-0.2, -0.15) is 0 Å². The van der Waals surface area contributed by atoms with Gasteiger partial charge in [-0.1, -0.05) is 49.4 Å². The fraction of sp³-hybridized carbons (Fsp3) is 0.172. The molecule has 0 saturated heterocycles. The third kappa shape index (κ3) is 5.44. The minimum absolute atomic E-state index is 0.0476. The average Bonchev–Trinajstić information content (AvgIpc) is 2.84. The first kappa shape index (κ1) is 23.8. The molecular weight excluding hydrogens is 438 g/mol. The number of anilines is 3. The Morgan fingerprint density at radius 3 is 1.46 bits per heavy atom. The summed E-state index contributed by atoms with van der Waals surface area (Å²) in [6, 6.07) is 24.3. The second-order valence-electron chi connectivity index (χ2n) is 9.13. The highest BCUT2D eigenvalue weighted by Crippen LogP contribution is 2.35. The van der Waals surface area contributed by atoms with Crippen LogP contribution in [0.15, 0.2) is 78.9 Å². The molecule has 0 amide bonds. The van der Waals surface area contributed by atoms with Gasteiger partial charge in [0.05, 0.1) is 17.1 Å². The van der Waals surface area contributed by atoms with Crippen LogP contribution in [0.25, 0.3) is 0 Å². The maximum atomic E-state index is 9.89. The Balaban J connectivity index is 1.57. The molecule has 0 aliphatic rings. The number of benzene rings is 4. The number of nitrogens with two attached hydrogens (primary N) is 3. The lowest BCUT2D eigenvalue weighted by Crippen LogP contribution is -2.07. The summed E-state index contributed by atoms with van der Waals surface area (Å²) in [6.07, 6.45) is 1.50. The van der Waals surface area contributed by atoms with E-state index in [0.29, 0.717) is 23.5 Å². The number of hydrogen-bond acceptors (Lipinski definition) is 6. The van der Waals surface area contributed by atoms with Crippen LogP contribution in [0.1, 0.15) is 46.6 Å². The maximum Gasteiger partial charge on any atom is 0.138 e. The van der Waals surface area contributed by atoms with Gasteiger partial charge in [-0.25, -0.2) is 0 Å². The van der Waals surface area contributed by atoms with Gasteiger partial charge in [0, 0.05) is 5.92 Å². The van der Waals surface area contributed by atoms with E-state index in [9.17, 15) is 15.3 Å². The number of nitrogen functional groups attached to an aromatic ring is 3. The van der Waals surface area contributed by atoms with Crippen LogP contribution in [0.4, 0.5) is 17.1 Å². The van der Waals surface area contributed by atoms with Gasteiger partial charge in [-0.15, -0.1) is 0 Å². The zero-order valence-corrected chi connectivity index (χ0v) is 19.6. The first-order valence-electron chi connectivity index (χ1n) is 11.5. The fourth-order valence-electron chi connectivity index (χ4n) is 4.43. The van der Waals surface area contributed by atoms with Crippen molar-refractivity contribution in [3.05, 3.63) is 107 Å². The van der Waals surface area contributed by atoms with Gasteiger partial charge < -0.3 is 32.5 Å². The molecule has 0 spiro atoms. The number of rotatable bonds is 7. The lowest BCUT2D eigenvalue weighted by molar-refractivity contribution is 0.477. The predicted molar refractivity (Wildman–Crippen MR) is 142 cm³/mol. The van der Waals surface area contributed by atoms with Gasteiger partial charge in [-0.05, 0) is 83.0 Å². The van der Waals surface area contributed by atoms with Crippen LogP contribution in [0.3, 0.4) is 0 Å². The average molecular weight is 470 g/mol. The number of phenolic OH excluding ortho intramolecular Hbond substituents is 3. The van der Waals surface area contributed by atoms with Gasteiger partial charge in [0.2, 0.25) is 0 Å². The van der Waals surface area contributed by atoms with Gasteiger partial charge in [-0.3, -0.25) is 0 Å². The molecule has 6 nitrogen and oxygen atoms in total. The van der Waals surface area contributed by atoms with Crippen molar-refractivity contribution < 1.29 is 15.3 Å². The third-order valence-corrected chi connectivity index (χ3v) is 6.53. The summed E-state index contributed by atoms with van der Waals surface area (Å²) in [5, 5.41) is 29.4. The Morgan fingerprint density at radius 1 is 0.543 bits per heavy atom. The minimum atomic E-state index is -0.0657. The molecule has 9 N–H and O–H groups in total. The summed E-state index contributed by atoms with van der Waals surface area (Å²) in [5.41, 5.74) is 24.2. The van der Waals surface area contributed by atoms with Crippen LogP contribution in [0.2, 0.25) is 0 Å². The van der Waals surface area contributed by atoms with Crippen molar-refractivity contribution in [2.24, 2.45) is 0 Å². The van der Waals surface area contributed by atoms with Gasteiger partial charge in [0.25, 0.3) is 0 Å². The molecule has 0 bridgehead atoms. The highest BCUT2D eigenvalue weighted by molar-refractivity contribution is 5.58. The van der Waals surface area contributed by atoms with E-state index in [-0.39, 0.29) is 29.1 Å². The predicted octanol–water partition coefficient (Wildman–Crippen LogP) is 5.27. The van der Waals surface area contributed by atoms with Crippen LogP contribution in [-0.4, -0.2) is 15.3 Å². The lowest BCUT2D eigenvalue weighted by atomic mass is 9.84. The topological polar surface area (TPSA) is 139 Å². The highest BCUT2D eigenvalue weighted by atomic mass is 16.3. The molecule has 4 aromatic rings. The summed E-state index contributed by atoms with van der Waals surface area (Å²) in [6.45, 7) is 2.17. The molecule has 0 saturated carbocycles. The summed E-state index contributed by atoms with van der Waals surface area (Å²) < 4.78 is 0. The van der Waals surface area contributed by atoms with Crippen molar-refractivity contribution in [2.45, 2.75) is 31.6 Å². The van der Waals surface area contributed by atoms with E-state index >= 15 is 0 Å². The van der Waals surface area contributed by atoms with Crippen molar-refractivity contribution >= 4 is 17.1 Å². The molecular formula is C29H31N3O3. The Morgan fingerprint density at radius 2 is 0.971 bits per heavy atom. The SMILES string of the molecule is CC(Cc1ccc(O)c(N)c1)c1ccc(CC(c2ccc(O)c(N)c2)c2ccc(O)c(N)c2)cc1. The maximum absolute atomic E-state index is 9.89. The van der Waals surface area contributed by atoms with E-state index in [1.807, 2.05) is 24.3 Å². The largest absolute Gasteiger partial charge is 0.506 e. The second kappa shape index (κ2) is 9.89. The first-order chi connectivity index (χ1) is 16.7. The monoisotopic (exact) mass is 469 g/mol. The van der Waals surface area contributed by atoms with Crippen molar-refractivity contribution in [2.75, 3.05) is 17.2 Å². The Hall–Kier alpha value is -4.32. The van der Waals surface area contributed by atoms with E-state index < -0.39 is 0 Å². The summed E-state index contributed by atoms with van der Waals surface area (Å²) in [7, 11) is 0. The zero-order valence-electron chi connectivity index (χ0n) is 19.6. The molecule has 4 rings (SSSR count). The number of phenols is 3. The smallest absolute Gasteiger partial charge is 0.138 e. The molecule has 35 heavy (non-hydrogen) atoms. The lowest BCUT2D eigenvalue weighted by Gasteiger charge is -2.20. The molecule has 180 valence electrons. The molecule has 0 aliphatic carbocycles. The fourth-order valence-corrected chi connectivity index (χ4v) is 4.43. The van der Waals surface area contributed by atoms with Crippen LogP contribution in [-0.2, 0) is 12.8 Å². The van der Waals surface area contributed by atoms with E-state index in [4.69, 9.17) is 17.2 Å². The van der Waals surface area contributed by atoms with E-state index in [2.05, 4.69) is 31.2 Å². The summed E-state index contributed by atoms with van der Waals surface area (Å²) >= 11 is 0. The van der Waals surface area contributed by atoms with Crippen LogP contribution >= 0.6 is 0 Å². The first-order valence-corrected chi connectivity index (χ1v) is 11.5. The molecule has 1 unspecified atom stereocenters. The molecule has 0 fully saturated rings. The quantitative estimate of drug-likeness (QED) is 0.161. The van der Waals surface area contributed by atoms with Crippen molar-refractivity contribution in [1.29, 1.82) is 0 Å². The molecule has 0 radical (unpaired) electrons. The zero-order chi connectivity index (χ0) is 25.1. The van der Waals surface area contributed by atoms with Crippen molar-refractivity contribution in [3.8, 4) is 17.2 Å². The van der Waals surface area contributed by atoms with Crippen LogP contribution in [0, 0.1) is 0 Å². The Labute approximate surface area is 205 Å². The Bertz CT molecular complexity index is 1280. The Kier molecular flexibility index (Phi) is 6.73. The number of aromatic hydroxyl groups is 3. The molecule has 1 atom stereocenters. The van der Waals surface area contributed by atoms with Crippen molar-refractivity contribution in [3.63, 3.8) is 0 Å². The normalized spacial score (nSPS) is 12.1. The van der Waals surface area contributed by atoms with Crippen LogP contribution < -0.4 is 17.2 Å². The summed E-state index contributed by atoms with van der Waals surface area (Å²) in [5.74, 6) is 0.408. The van der Waals surface area contributed by atoms with E-state index in [0.717, 1.165) is 28.7 Å². The van der Waals surface area contributed by atoms with Crippen molar-refractivity contribution in [1.82, 2.24) is 0 Å². The molecule has 0 heterocycles. The van der Waals surface area contributed by atoms with E-state index in [1.165, 1.54) is 5.56 Å². The van der Waals surface area contributed by atoms with E-state index in [1.54, 1.807) is 30.3 Å². The molecule has 0 aromatic heterocycles. The molecule has 6 heteroatoms. The summed E-state index contributed by atoms with van der Waals surface area (Å²) in [4.78, 5) is 0. The van der Waals surface area contributed by atoms with Gasteiger partial charge >= 0.3 is 0 Å². The second-order valence-corrected chi connectivity index (χ2v) is 9.13. The number of hydrogen-bond donors (Lipinski definition) is 6. The third-order valence-electron chi connectivity index (χ3n) is 6.53. The minimum Gasteiger partial charge on any atom is -0.506 e. The van der Waals surface area contributed by atoms with Crippen LogP contribution in [0.5, 0.6) is 17.2 Å².